The number of anilines is 2. The van der Waals surface area contributed by atoms with E-state index in [2.05, 4.69) is 10.6 Å². The number of nitrogens with two attached hydrogens (primary N) is 1. The number of para-hydroxylation sites is 1. The molecule has 0 bridgehead atoms. The van der Waals surface area contributed by atoms with Crippen LogP contribution in [0, 0.1) is 0 Å². The minimum absolute atomic E-state index is 0.0544. The summed E-state index contributed by atoms with van der Waals surface area (Å²) in [5.74, 6) is -0.0544. The van der Waals surface area contributed by atoms with E-state index < -0.39 is 0 Å². The summed E-state index contributed by atoms with van der Waals surface area (Å²) in [6, 6.07) is 5.28. The molecule has 1 aromatic rings. The summed E-state index contributed by atoms with van der Waals surface area (Å²) >= 11 is 5.85. The van der Waals surface area contributed by atoms with Crippen LogP contribution in [0.4, 0.5) is 11.4 Å². The van der Waals surface area contributed by atoms with Gasteiger partial charge in [0.25, 0.3) is 0 Å². The number of carbonyl (C=O) groups is 1. The minimum atomic E-state index is -0.0544. The highest BCUT2D eigenvalue weighted by atomic mass is 35.5. The SMILES string of the molecule is CCCNC(=O)CNc1cccc(Cl)c1N. The molecule has 5 heteroatoms. The Morgan fingerprint density at radius 1 is 1.50 bits per heavy atom. The number of amides is 1. The number of rotatable bonds is 5. The quantitative estimate of drug-likeness (QED) is 0.690. The highest BCUT2D eigenvalue weighted by Crippen LogP contribution is 2.26. The van der Waals surface area contributed by atoms with Gasteiger partial charge in [0.2, 0.25) is 5.91 Å². The Morgan fingerprint density at radius 3 is 2.94 bits per heavy atom. The van der Waals surface area contributed by atoms with Crippen LogP contribution in [-0.2, 0) is 4.79 Å². The maximum Gasteiger partial charge on any atom is 0.239 e. The van der Waals surface area contributed by atoms with Gasteiger partial charge in [0.1, 0.15) is 0 Å². The third-order valence-electron chi connectivity index (χ3n) is 2.06. The van der Waals surface area contributed by atoms with Crippen molar-refractivity contribution in [2.45, 2.75) is 13.3 Å². The van der Waals surface area contributed by atoms with Crippen LogP contribution in [0.1, 0.15) is 13.3 Å². The fourth-order valence-corrected chi connectivity index (χ4v) is 1.37. The van der Waals surface area contributed by atoms with Crippen molar-refractivity contribution in [1.82, 2.24) is 5.32 Å². The number of hydrogen-bond donors (Lipinski definition) is 3. The van der Waals surface area contributed by atoms with Crippen molar-refractivity contribution in [2.75, 3.05) is 24.1 Å². The van der Waals surface area contributed by atoms with Crippen LogP contribution in [0.15, 0.2) is 18.2 Å². The number of nitrogen functional groups attached to an aromatic ring is 1. The van der Waals surface area contributed by atoms with E-state index in [1.54, 1.807) is 18.2 Å². The zero-order chi connectivity index (χ0) is 12.0. The Morgan fingerprint density at radius 2 is 2.25 bits per heavy atom. The summed E-state index contributed by atoms with van der Waals surface area (Å²) < 4.78 is 0. The zero-order valence-electron chi connectivity index (χ0n) is 9.22. The van der Waals surface area contributed by atoms with Gasteiger partial charge in [0.05, 0.1) is 22.9 Å². The van der Waals surface area contributed by atoms with Gasteiger partial charge < -0.3 is 16.4 Å². The van der Waals surface area contributed by atoms with Crippen molar-refractivity contribution in [2.24, 2.45) is 0 Å². The normalized spacial score (nSPS) is 9.88. The van der Waals surface area contributed by atoms with Crippen LogP contribution in [-0.4, -0.2) is 19.0 Å². The van der Waals surface area contributed by atoms with E-state index in [0.717, 1.165) is 6.42 Å². The molecule has 4 N–H and O–H groups in total. The second-order valence-electron chi connectivity index (χ2n) is 3.40. The fourth-order valence-electron chi connectivity index (χ4n) is 1.19. The van der Waals surface area contributed by atoms with Crippen LogP contribution in [0.5, 0.6) is 0 Å². The molecule has 88 valence electrons. The molecule has 0 fully saturated rings. The molecule has 16 heavy (non-hydrogen) atoms. The molecule has 4 nitrogen and oxygen atoms in total. The van der Waals surface area contributed by atoms with Crippen LogP contribution in [0.25, 0.3) is 0 Å². The van der Waals surface area contributed by atoms with Crippen LogP contribution in [0.3, 0.4) is 0 Å². The lowest BCUT2D eigenvalue weighted by atomic mass is 10.2. The third-order valence-corrected chi connectivity index (χ3v) is 2.39. The van der Waals surface area contributed by atoms with Gasteiger partial charge in [0, 0.05) is 6.54 Å². The van der Waals surface area contributed by atoms with E-state index in [1.807, 2.05) is 6.92 Å². The first-order valence-corrected chi connectivity index (χ1v) is 5.57. The summed E-state index contributed by atoms with van der Waals surface area (Å²) in [4.78, 5) is 11.3. The molecule has 0 aromatic heterocycles. The second-order valence-corrected chi connectivity index (χ2v) is 3.81. The van der Waals surface area contributed by atoms with Crippen molar-refractivity contribution in [3.63, 3.8) is 0 Å². The van der Waals surface area contributed by atoms with Crippen molar-refractivity contribution in [1.29, 1.82) is 0 Å². The van der Waals surface area contributed by atoms with Crippen molar-refractivity contribution < 1.29 is 4.79 Å². The van der Waals surface area contributed by atoms with Crippen LogP contribution < -0.4 is 16.4 Å². The van der Waals surface area contributed by atoms with Gasteiger partial charge in [-0.15, -0.1) is 0 Å². The average molecular weight is 242 g/mol. The summed E-state index contributed by atoms with van der Waals surface area (Å²) in [7, 11) is 0. The largest absolute Gasteiger partial charge is 0.396 e. The standard InChI is InChI=1S/C11H16ClN3O/c1-2-6-14-10(16)7-15-9-5-3-4-8(12)11(9)13/h3-5,15H,2,6-7,13H2,1H3,(H,14,16). The third kappa shape index (κ3) is 3.62. The van der Waals surface area contributed by atoms with Crippen molar-refractivity contribution in [3.05, 3.63) is 23.2 Å². The minimum Gasteiger partial charge on any atom is -0.396 e. The van der Waals surface area contributed by atoms with E-state index >= 15 is 0 Å². The Balaban J connectivity index is 2.48. The molecule has 0 unspecified atom stereocenters. The predicted octanol–water partition coefficient (Wildman–Crippen LogP) is 1.86. The lowest BCUT2D eigenvalue weighted by Crippen LogP contribution is -2.30. The molecule has 1 aromatic carbocycles. The Bertz CT molecular complexity index is 368. The van der Waals surface area contributed by atoms with Gasteiger partial charge in [-0.1, -0.05) is 24.6 Å². The van der Waals surface area contributed by atoms with E-state index in [1.165, 1.54) is 0 Å². The van der Waals surface area contributed by atoms with E-state index in [9.17, 15) is 4.79 Å². The van der Waals surface area contributed by atoms with Gasteiger partial charge in [-0.3, -0.25) is 4.79 Å². The summed E-state index contributed by atoms with van der Waals surface area (Å²) in [5, 5.41) is 6.19. The first-order valence-electron chi connectivity index (χ1n) is 5.19. The molecular weight excluding hydrogens is 226 g/mol. The smallest absolute Gasteiger partial charge is 0.239 e. The molecule has 0 aliphatic heterocycles. The van der Waals surface area contributed by atoms with Gasteiger partial charge in [0.15, 0.2) is 0 Å². The van der Waals surface area contributed by atoms with E-state index in [0.29, 0.717) is 22.9 Å². The Labute approximate surface area is 100 Å². The number of benzene rings is 1. The lowest BCUT2D eigenvalue weighted by molar-refractivity contribution is -0.119. The highest BCUT2D eigenvalue weighted by molar-refractivity contribution is 6.33. The lowest BCUT2D eigenvalue weighted by Gasteiger charge is -2.10. The molecule has 0 radical (unpaired) electrons. The first kappa shape index (κ1) is 12.6. The summed E-state index contributed by atoms with van der Waals surface area (Å²) in [6.45, 7) is 2.89. The average Bonchev–Trinajstić information content (AvgIpc) is 2.28. The molecule has 0 aliphatic carbocycles. The molecule has 0 heterocycles. The molecule has 0 spiro atoms. The molecule has 1 amide bonds. The molecule has 1 rings (SSSR count). The van der Waals surface area contributed by atoms with Crippen molar-refractivity contribution >= 4 is 28.9 Å². The topological polar surface area (TPSA) is 67.2 Å². The number of halogens is 1. The maximum atomic E-state index is 11.3. The maximum absolute atomic E-state index is 11.3. The number of hydrogen-bond acceptors (Lipinski definition) is 3. The zero-order valence-corrected chi connectivity index (χ0v) is 9.97. The van der Waals surface area contributed by atoms with Gasteiger partial charge >= 0.3 is 0 Å². The summed E-state index contributed by atoms with van der Waals surface area (Å²) in [6.07, 6.45) is 0.922. The Kier molecular flexibility index (Phi) is 4.92. The highest BCUT2D eigenvalue weighted by Gasteiger charge is 2.04. The molecule has 0 saturated carbocycles. The Hall–Kier alpha value is -1.42. The first-order chi connectivity index (χ1) is 7.65. The number of nitrogens with one attached hydrogen (secondary N) is 2. The molecular formula is C11H16ClN3O. The van der Waals surface area contributed by atoms with E-state index in [-0.39, 0.29) is 12.5 Å². The summed E-state index contributed by atoms with van der Waals surface area (Å²) in [5.41, 5.74) is 6.89. The molecule has 0 aliphatic rings. The van der Waals surface area contributed by atoms with E-state index in [4.69, 9.17) is 17.3 Å². The molecule has 0 atom stereocenters. The van der Waals surface area contributed by atoms with Crippen molar-refractivity contribution in [3.8, 4) is 0 Å². The predicted molar refractivity (Wildman–Crippen MR) is 67.7 cm³/mol. The van der Waals surface area contributed by atoms with Crippen LogP contribution in [0.2, 0.25) is 5.02 Å². The monoisotopic (exact) mass is 241 g/mol. The molecule has 0 saturated heterocycles. The van der Waals surface area contributed by atoms with Crippen LogP contribution >= 0.6 is 11.6 Å². The van der Waals surface area contributed by atoms with Gasteiger partial charge in [-0.25, -0.2) is 0 Å². The van der Waals surface area contributed by atoms with Gasteiger partial charge in [-0.2, -0.15) is 0 Å². The second kappa shape index (κ2) is 6.23. The number of carbonyl (C=O) groups excluding carboxylic acids is 1. The fraction of sp³-hybridized carbons (Fsp3) is 0.364. The van der Waals surface area contributed by atoms with Gasteiger partial charge in [-0.05, 0) is 18.6 Å².